The van der Waals surface area contributed by atoms with E-state index in [4.69, 9.17) is 5.26 Å². The molecule has 0 radical (unpaired) electrons. The summed E-state index contributed by atoms with van der Waals surface area (Å²) in [6.07, 6.45) is -8.07. The quantitative estimate of drug-likeness (QED) is 0.789. The Hall–Kier alpha value is -1.91. The van der Waals surface area contributed by atoms with Crippen molar-refractivity contribution < 1.29 is 26.7 Å². The molecule has 8 heteroatoms. The normalized spacial score (nSPS) is 11.4. The van der Waals surface area contributed by atoms with Crippen LogP contribution in [0.5, 0.6) is 5.75 Å². The molecule has 1 heterocycles. The second kappa shape index (κ2) is 5.16. The molecule has 0 N–H and O–H groups in total. The van der Waals surface area contributed by atoms with E-state index in [0.717, 1.165) is 7.11 Å². The van der Waals surface area contributed by atoms with Crippen molar-refractivity contribution in [3.8, 4) is 11.8 Å². The van der Waals surface area contributed by atoms with Crippen molar-refractivity contribution in [1.29, 1.82) is 5.26 Å². The third-order valence-electron chi connectivity index (χ3n) is 2.10. The molecule has 0 aromatic carbocycles. The summed E-state index contributed by atoms with van der Waals surface area (Å²) < 4.78 is 67.8. The van der Waals surface area contributed by atoms with Gasteiger partial charge in [-0.2, -0.15) is 18.4 Å². The summed E-state index contributed by atoms with van der Waals surface area (Å²) in [7, 11) is 0.842. The number of hydrogen-bond acceptors (Lipinski definition) is 3. The van der Waals surface area contributed by atoms with Crippen LogP contribution in [-0.2, 0) is 12.6 Å². The molecule has 0 saturated carbocycles. The molecule has 0 aliphatic carbocycles. The molecule has 0 spiro atoms. The van der Waals surface area contributed by atoms with Gasteiger partial charge in [-0.05, 0) is 0 Å². The van der Waals surface area contributed by atoms with Gasteiger partial charge in [-0.1, -0.05) is 0 Å². The summed E-state index contributed by atoms with van der Waals surface area (Å²) in [6, 6.07) is 1.51. The summed E-state index contributed by atoms with van der Waals surface area (Å²) in [6.45, 7) is 0. The minimum atomic E-state index is -4.90. The maximum atomic E-state index is 12.8. The van der Waals surface area contributed by atoms with Crippen LogP contribution in [0.2, 0.25) is 0 Å². The van der Waals surface area contributed by atoms with E-state index in [2.05, 4.69) is 9.72 Å². The first kappa shape index (κ1) is 14.2. The second-order valence-corrected chi connectivity index (χ2v) is 3.21. The number of hydrogen-bond donors (Lipinski definition) is 0. The molecular formula is C10H7F5N2O. The van der Waals surface area contributed by atoms with Crippen LogP contribution >= 0.6 is 0 Å². The van der Waals surface area contributed by atoms with Crippen molar-refractivity contribution in [2.75, 3.05) is 7.11 Å². The van der Waals surface area contributed by atoms with Gasteiger partial charge in [0, 0.05) is 11.8 Å². The van der Waals surface area contributed by atoms with Crippen LogP contribution in [-0.4, -0.2) is 12.1 Å². The minimum absolute atomic E-state index is 0.494. The van der Waals surface area contributed by atoms with Crippen molar-refractivity contribution in [3.05, 3.63) is 23.0 Å². The molecule has 0 fully saturated rings. The highest BCUT2D eigenvalue weighted by molar-refractivity contribution is 5.45. The van der Waals surface area contributed by atoms with Crippen molar-refractivity contribution in [1.82, 2.24) is 4.98 Å². The summed E-state index contributed by atoms with van der Waals surface area (Å²) in [5.41, 5.74) is -2.96. The van der Waals surface area contributed by atoms with Gasteiger partial charge in [-0.3, -0.25) is 4.98 Å². The van der Waals surface area contributed by atoms with E-state index >= 15 is 0 Å². The van der Waals surface area contributed by atoms with Gasteiger partial charge in [-0.25, -0.2) is 8.78 Å². The Morgan fingerprint density at radius 3 is 2.44 bits per heavy atom. The van der Waals surface area contributed by atoms with Gasteiger partial charge >= 0.3 is 6.18 Å². The van der Waals surface area contributed by atoms with Crippen molar-refractivity contribution in [3.63, 3.8) is 0 Å². The van der Waals surface area contributed by atoms with Crippen LogP contribution < -0.4 is 4.74 Å². The van der Waals surface area contributed by atoms with Gasteiger partial charge in [0.2, 0.25) is 0 Å². The Bertz CT molecular complexity index is 478. The minimum Gasteiger partial charge on any atom is -0.494 e. The van der Waals surface area contributed by atoms with E-state index in [1.54, 1.807) is 0 Å². The number of alkyl halides is 5. The van der Waals surface area contributed by atoms with Gasteiger partial charge in [-0.15, -0.1) is 0 Å². The SMILES string of the molecule is COc1c(C(F)F)ncc(CC#N)c1C(F)(F)F. The van der Waals surface area contributed by atoms with E-state index in [1.165, 1.54) is 6.07 Å². The van der Waals surface area contributed by atoms with Crippen LogP contribution in [0.3, 0.4) is 0 Å². The van der Waals surface area contributed by atoms with Crippen LogP contribution in [0.4, 0.5) is 22.0 Å². The smallest absolute Gasteiger partial charge is 0.420 e. The topological polar surface area (TPSA) is 45.9 Å². The molecule has 0 aliphatic rings. The molecule has 98 valence electrons. The van der Waals surface area contributed by atoms with Crippen LogP contribution in [0.25, 0.3) is 0 Å². The molecule has 0 amide bonds. The zero-order valence-corrected chi connectivity index (χ0v) is 9.05. The summed E-state index contributed by atoms with van der Waals surface area (Å²) >= 11 is 0. The number of rotatable bonds is 3. The number of ether oxygens (including phenoxy) is 1. The first-order valence-corrected chi connectivity index (χ1v) is 4.61. The third-order valence-corrected chi connectivity index (χ3v) is 2.10. The molecule has 0 unspecified atom stereocenters. The molecule has 1 rings (SSSR count). The molecule has 1 aromatic rings. The van der Waals surface area contributed by atoms with E-state index in [1.807, 2.05) is 0 Å². The molecule has 0 saturated heterocycles. The number of methoxy groups -OCH3 is 1. The number of nitriles is 1. The Kier molecular flexibility index (Phi) is 4.06. The fraction of sp³-hybridized carbons (Fsp3) is 0.400. The monoisotopic (exact) mass is 266 g/mol. The predicted octanol–water partition coefficient (Wildman–Crippen LogP) is 3.11. The first-order chi connectivity index (χ1) is 8.32. The standard InChI is InChI=1S/C10H7F5N2O/c1-18-8-6(10(13,14)15)5(2-3-16)4-17-7(8)9(11)12/h4,9H,2H2,1H3. The second-order valence-electron chi connectivity index (χ2n) is 3.21. The van der Waals surface area contributed by atoms with E-state index in [9.17, 15) is 22.0 Å². The molecular weight excluding hydrogens is 259 g/mol. The van der Waals surface area contributed by atoms with Gasteiger partial charge in [0.05, 0.1) is 19.6 Å². The average Bonchev–Trinajstić information content (AvgIpc) is 2.26. The molecule has 0 bridgehead atoms. The fourth-order valence-electron chi connectivity index (χ4n) is 1.44. The highest BCUT2D eigenvalue weighted by Gasteiger charge is 2.39. The maximum Gasteiger partial charge on any atom is 0.420 e. The van der Waals surface area contributed by atoms with E-state index < -0.39 is 41.6 Å². The van der Waals surface area contributed by atoms with Gasteiger partial charge < -0.3 is 4.74 Å². The van der Waals surface area contributed by atoms with Gasteiger partial charge in [0.25, 0.3) is 6.43 Å². The van der Waals surface area contributed by atoms with E-state index in [0.29, 0.717) is 6.20 Å². The third kappa shape index (κ3) is 2.67. The summed E-state index contributed by atoms with van der Waals surface area (Å²) in [4.78, 5) is 3.22. The Morgan fingerprint density at radius 2 is 2.06 bits per heavy atom. The first-order valence-electron chi connectivity index (χ1n) is 4.61. The van der Waals surface area contributed by atoms with E-state index in [-0.39, 0.29) is 0 Å². The fourth-order valence-corrected chi connectivity index (χ4v) is 1.44. The zero-order valence-electron chi connectivity index (χ0n) is 9.05. The number of nitrogens with zero attached hydrogens (tertiary/aromatic N) is 2. The lowest BCUT2D eigenvalue weighted by Crippen LogP contribution is -2.14. The number of pyridine rings is 1. The van der Waals surface area contributed by atoms with Crippen molar-refractivity contribution >= 4 is 0 Å². The maximum absolute atomic E-state index is 12.8. The molecule has 18 heavy (non-hydrogen) atoms. The predicted molar refractivity (Wildman–Crippen MR) is 50.1 cm³/mol. The summed E-state index contributed by atoms with van der Waals surface area (Å²) in [5, 5.41) is 8.42. The number of aromatic nitrogens is 1. The molecule has 1 aromatic heterocycles. The molecule has 0 atom stereocenters. The lowest BCUT2D eigenvalue weighted by molar-refractivity contribution is -0.139. The van der Waals surface area contributed by atoms with Gasteiger partial charge in [0.1, 0.15) is 11.3 Å². The lowest BCUT2D eigenvalue weighted by Gasteiger charge is -2.17. The lowest BCUT2D eigenvalue weighted by atomic mass is 10.0. The molecule has 3 nitrogen and oxygen atoms in total. The van der Waals surface area contributed by atoms with Crippen LogP contribution in [0.1, 0.15) is 23.2 Å². The average molecular weight is 266 g/mol. The zero-order chi connectivity index (χ0) is 13.9. The Labute approximate surface area is 98.8 Å². The number of halogens is 5. The van der Waals surface area contributed by atoms with Gasteiger partial charge in [0.15, 0.2) is 5.75 Å². The summed E-state index contributed by atoms with van der Waals surface area (Å²) in [5.74, 6) is -1.04. The Balaban J connectivity index is 3.57. The van der Waals surface area contributed by atoms with Crippen LogP contribution in [0, 0.1) is 11.3 Å². The largest absolute Gasteiger partial charge is 0.494 e. The van der Waals surface area contributed by atoms with Crippen LogP contribution in [0.15, 0.2) is 6.20 Å². The van der Waals surface area contributed by atoms with Crippen molar-refractivity contribution in [2.45, 2.75) is 19.0 Å². The van der Waals surface area contributed by atoms with Crippen molar-refractivity contribution in [2.24, 2.45) is 0 Å². The molecule has 0 aliphatic heterocycles. The highest BCUT2D eigenvalue weighted by Crippen LogP contribution is 2.42. The Morgan fingerprint density at radius 1 is 1.44 bits per heavy atom. The highest BCUT2D eigenvalue weighted by atomic mass is 19.4.